The average Bonchev–Trinajstić information content (AvgIpc) is 2.84. The maximum Gasteiger partial charge on any atom is 0.257 e. The van der Waals surface area contributed by atoms with Crippen LogP contribution in [0.1, 0.15) is 73.6 Å². The molecule has 0 aliphatic carbocycles. The highest BCUT2D eigenvalue weighted by atomic mass is 19.1. The number of aliphatic hydroxyl groups is 1. The number of nitrogens with zero attached hydrogens (tertiary/aromatic N) is 1. The van der Waals surface area contributed by atoms with Crippen LogP contribution in [0.3, 0.4) is 0 Å². The summed E-state index contributed by atoms with van der Waals surface area (Å²) in [6, 6.07) is 22.1. The lowest BCUT2D eigenvalue weighted by Gasteiger charge is -2.51. The number of carbonyl (C=O) groups excluding carboxylic acids is 1. The molecule has 2 N–H and O–H groups in total. The van der Waals surface area contributed by atoms with Crippen LogP contribution < -0.4 is 5.32 Å². The van der Waals surface area contributed by atoms with Gasteiger partial charge >= 0.3 is 0 Å². The fourth-order valence-electron chi connectivity index (χ4n) is 5.40. The quantitative estimate of drug-likeness (QED) is 0.386. The number of anilines is 1. The van der Waals surface area contributed by atoms with E-state index in [1.807, 2.05) is 49.4 Å². The maximum absolute atomic E-state index is 14.8. The number of nitrogens with one attached hydrogen (secondary N) is 1. The summed E-state index contributed by atoms with van der Waals surface area (Å²) in [5.74, 6) is -0.857. The lowest BCUT2D eigenvalue weighted by Crippen LogP contribution is -2.54. The van der Waals surface area contributed by atoms with Gasteiger partial charge in [0.15, 0.2) is 0 Å². The summed E-state index contributed by atoms with van der Waals surface area (Å²) in [6.07, 6.45) is 0.481. The Bertz CT molecular complexity index is 1200. The fraction of sp³-hybridized carbons (Fsp3) is 0.387. The molecule has 4 rings (SSSR count). The van der Waals surface area contributed by atoms with Crippen LogP contribution in [-0.2, 0) is 5.41 Å². The van der Waals surface area contributed by atoms with E-state index in [4.69, 9.17) is 0 Å². The largest absolute Gasteiger partial charge is 0.373 e. The highest BCUT2D eigenvalue weighted by Crippen LogP contribution is 2.49. The number of hydrogen-bond acceptors (Lipinski definition) is 3. The van der Waals surface area contributed by atoms with Gasteiger partial charge in [-0.05, 0) is 60.1 Å². The molecule has 3 aromatic carbocycles. The van der Waals surface area contributed by atoms with E-state index in [0.29, 0.717) is 24.9 Å². The van der Waals surface area contributed by atoms with Gasteiger partial charge in [0, 0.05) is 17.6 Å². The van der Waals surface area contributed by atoms with E-state index >= 15 is 0 Å². The van der Waals surface area contributed by atoms with E-state index in [2.05, 4.69) is 38.2 Å². The summed E-state index contributed by atoms with van der Waals surface area (Å²) < 4.78 is 14.8. The maximum atomic E-state index is 14.8. The Morgan fingerprint density at radius 3 is 2.44 bits per heavy atom. The van der Waals surface area contributed by atoms with Gasteiger partial charge in [-0.15, -0.1) is 0 Å². The number of halogens is 1. The molecule has 4 nitrogen and oxygen atoms in total. The highest BCUT2D eigenvalue weighted by molar-refractivity contribution is 5.96. The van der Waals surface area contributed by atoms with Gasteiger partial charge in [0.25, 0.3) is 5.91 Å². The van der Waals surface area contributed by atoms with Crippen LogP contribution in [0.5, 0.6) is 0 Å². The molecule has 0 bridgehead atoms. The Kier molecular flexibility index (Phi) is 7.24. The number of piperidine rings is 1. The number of likely N-dealkylation sites (tertiary alicyclic amines) is 1. The molecule has 1 amide bonds. The zero-order valence-corrected chi connectivity index (χ0v) is 21.9. The van der Waals surface area contributed by atoms with E-state index < -0.39 is 23.5 Å². The van der Waals surface area contributed by atoms with Crippen molar-refractivity contribution >= 4 is 11.6 Å². The Labute approximate surface area is 214 Å². The third-order valence-electron chi connectivity index (χ3n) is 7.52. The molecule has 0 radical (unpaired) electrons. The van der Waals surface area contributed by atoms with Crippen molar-refractivity contribution in [2.24, 2.45) is 5.41 Å². The van der Waals surface area contributed by atoms with Gasteiger partial charge in [-0.25, -0.2) is 4.39 Å². The minimum absolute atomic E-state index is 0.0230. The molecule has 190 valence electrons. The smallest absolute Gasteiger partial charge is 0.257 e. The van der Waals surface area contributed by atoms with Crippen molar-refractivity contribution in [1.82, 2.24) is 4.90 Å². The minimum atomic E-state index is -0.935. The Morgan fingerprint density at radius 1 is 1.08 bits per heavy atom. The highest BCUT2D eigenvalue weighted by Gasteiger charge is 2.49. The van der Waals surface area contributed by atoms with Gasteiger partial charge in [-0.3, -0.25) is 4.79 Å². The lowest BCUT2D eigenvalue weighted by atomic mass is 9.70. The van der Waals surface area contributed by atoms with Crippen LogP contribution in [0.25, 0.3) is 0 Å². The average molecular weight is 489 g/mol. The minimum Gasteiger partial charge on any atom is -0.373 e. The van der Waals surface area contributed by atoms with Gasteiger partial charge in [-0.2, -0.15) is 0 Å². The van der Waals surface area contributed by atoms with E-state index in [-0.39, 0.29) is 16.9 Å². The zero-order chi connectivity index (χ0) is 26.1. The first-order chi connectivity index (χ1) is 17.0. The number of hydrogen-bond donors (Lipinski definition) is 2. The number of aryl methyl sites for hydroxylation is 1. The van der Waals surface area contributed by atoms with Gasteiger partial charge in [-0.1, -0.05) is 82.3 Å². The molecule has 5 heteroatoms. The van der Waals surface area contributed by atoms with Crippen molar-refractivity contribution in [2.75, 3.05) is 11.9 Å². The van der Waals surface area contributed by atoms with Crippen molar-refractivity contribution in [3.05, 3.63) is 101 Å². The van der Waals surface area contributed by atoms with Crippen molar-refractivity contribution in [2.45, 2.75) is 65.1 Å². The number of aliphatic hydroxyl groups excluding tert-OH is 1. The second-order valence-electron chi connectivity index (χ2n) is 11.2. The van der Waals surface area contributed by atoms with Crippen molar-refractivity contribution in [3.8, 4) is 0 Å². The molecule has 1 heterocycles. The molecule has 1 saturated heterocycles. The van der Waals surface area contributed by atoms with Gasteiger partial charge in [0.1, 0.15) is 12.0 Å². The molecule has 3 atom stereocenters. The van der Waals surface area contributed by atoms with Crippen molar-refractivity contribution in [1.29, 1.82) is 0 Å². The number of amides is 1. The summed E-state index contributed by atoms with van der Waals surface area (Å²) in [5.41, 5.74) is 2.89. The first kappa shape index (κ1) is 25.9. The molecule has 0 aromatic heterocycles. The topological polar surface area (TPSA) is 52.6 Å². The normalized spacial score (nSPS) is 21.2. The van der Waals surface area contributed by atoms with Crippen molar-refractivity contribution in [3.63, 3.8) is 0 Å². The van der Waals surface area contributed by atoms with Crippen LogP contribution in [0.4, 0.5) is 10.1 Å². The number of carbonyl (C=O) groups is 1. The summed E-state index contributed by atoms with van der Waals surface area (Å²) in [5, 5.41) is 15.0. The van der Waals surface area contributed by atoms with Crippen LogP contribution in [0.15, 0.2) is 72.8 Å². The predicted octanol–water partition coefficient (Wildman–Crippen LogP) is 6.85. The molecule has 3 aromatic rings. The van der Waals surface area contributed by atoms with Crippen LogP contribution in [0, 0.1) is 18.2 Å². The third-order valence-corrected chi connectivity index (χ3v) is 7.52. The van der Waals surface area contributed by atoms with Crippen LogP contribution >= 0.6 is 0 Å². The van der Waals surface area contributed by atoms with E-state index in [0.717, 1.165) is 11.3 Å². The lowest BCUT2D eigenvalue weighted by molar-refractivity contribution is -0.0450. The summed E-state index contributed by atoms with van der Waals surface area (Å²) >= 11 is 0. The second-order valence-corrected chi connectivity index (χ2v) is 11.2. The molecule has 1 fully saturated rings. The van der Waals surface area contributed by atoms with E-state index in [9.17, 15) is 14.3 Å². The Balaban J connectivity index is 1.74. The number of benzene rings is 3. The Hall–Kier alpha value is -3.18. The predicted molar refractivity (Wildman–Crippen MR) is 143 cm³/mol. The SMILES string of the molecule is Cc1cccc(F)c1C(=O)N1CCCC(C)(C(O)Nc2cccc(C(C)(C)C)c2)C1c1ccccc1. The van der Waals surface area contributed by atoms with Gasteiger partial charge in [0.05, 0.1) is 11.6 Å². The summed E-state index contributed by atoms with van der Waals surface area (Å²) in [6.45, 7) is 10.7. The molecule has 0 saturated carbocycles. The molecule has 36 heavy (non-hydrogen) atoms. The van der Waals surface area contributed by atoms with Gasteiger partial charge < -0.3 is 15.3 Å². The van der Waals surface area contributed by atoms with Crippen LogP contribution in [-0.4, -0.2) is 28.7 Å². The Morgan fingerprint density at radius 2 is 1.78 bits per heavy atom. The zero-order valence-electron chi connectivity index (χ0n) is 21.9. The third kappa shape index (κ3) is 5.03. The first-order valence-corrected chi connectivity index (χ1v) is 12.7. The molecular weight excluding hydrogens is 451 g/mol. The van der Waals surface area contributed by atoms with Crippen molar-refractivity contribution < 1.29 is 14.3 Å². The molecule has 1 aliphatic rings. The second kappa shape index (κ2) is 10.1. The van der Waals surface area contributed by atoms with Crippen LogP contribution in [0.2, 0.25) is 0 Å². The first-order valence-electron chi connectivity index (χ1n) is 12.7. The fourth-order valence-corrected chi connectivity index (χ4v) is 5.40. The standard InChI is InChI=1S/C31H37FN2O2/c1-21-12-9-17-25(32)26(21)28(35)34-19-11-18-31(5,27(34)22-13-7-6-8-14-22)29(36)33-24-16-10-15-23(20-24)30(2,3)4/h6-10,12-17,20,27,29,33,36H,11,18-19H2,1-5H3. The molecule has 3 unspecified atom stereocenters. The summed E-state index contributed by atoms with van der Waals surface area (Å²) in [7, 11) is 0. The summed E-state index contributed by atoms with van der Waals surface area (Å²) in [4.78, 5) is 15.6. The number of rotatable bonds is 5. The molecule has 0 spiro atoms. The van der Waals surface area contributed by atoms with E-state index in [1.165, 1.54) is 11.6 Å². The van der Waals surface area contributed by atoms with Gasteiger partial charge in [0.2, 0.25) is 0 Å². The monoisotopic (exact) mass is 488 g/mol. The van der Waals surface area contributed by atoms with E-state index in [1.54, 1.807) is 24.0 Å². The molecule has 1 aliphatic heterocycles. The molecular formula is C31H37FN2O2.